The molecule has 3 rings (SSSR count). The van der Waals surface area contributed by atoms with Gasteiger partial charge in [0.25, 0.3) is 0 Å². The Balaban J connectivity index is 2.35. The Morgan fingerprint density at radius 1 is 1.25 bits per heavy atom. The molecule has 3 aromatic rings. The van der Waals surface area contributed by atoms with Gasteiger partial charge in [-0.15, -0.1) is 0 Å². The summed E-state index contributed by atoms with van der Waals surface area (Å²) < 4.78 is 23.9. The molecule has 0 aliphatic carbocycles. The van der Waals surface area contributed by atoms with Gasteiger partial charge in [-0.05, 0) is 23.8 Å². The lowest BCUT2D eigenvalue weighted by atomic mass is 9.99. The van der Waals surface area contributed by atoms with Gasteiger partial charge >= 0.3 is 11.6 Å². The minimum Gasteiger partial charge on any atom is -0.426 e. The highest BCUT2D eigenvalue weighted by atomic mass is 79.9. The first-order chi connectivity index (χ1) is 11.5. The number of rotatable bonds is 3. The summed E-state index contributed by atoms with van der Waals surface area (Å²) in [6, 6.07) is 10.7. The average molecular weight is 391 g/mol. The number of halogens is 2. The Kier molecular flexibility index (Phi) is 4.49. The average Bonchev–Trinajstić information content (AvgIpc) is 2.53. The van der Waals surface area contributed by atoms with Gasteiger partial charge in [-0.2, -0.15) is 0 Å². The van der Waals surface area contributed by atoms with E-state index in [9.17, 15) is 14.0 Å². The quantitative estimate of drug-likeness (QED) is 0.287. The molecule has 6 heteroatoms. The number of hydrogen-bond donors (Lipinski definition) is 0. The van der Waals surface area contributed by atoms with E-state index in [1.807, 2.05) is 0 Å². The number of fused-ring (bicyclic) bond motifs is 1. The summed E-state index contributed by atoms with van der Waals surface area (Å²) in [6.45, 7) is 1.29. The number of carbonyl (C=O) groups is 1. The van der Waals surface area contributed by atoms with Crippen LogP contribution in [0.2, 0.25) is 0 Å². The number of ether oxygens (including phenoxy) is 1. The molecule has 0 saturated heterocycles. The molecule has 0 amide bonds. The summed E-state index contributed by atoms with van der Waals surface area (Å²) in [6.07, 6.45) is 0. The molecule has 24 heavy (non-hydrogen) atoms. The van der Waals surface area contributed by atoms with Gasteiger partial charge in [-0.25, -0.2) is 9.18 Å². The van der Waals surface area contributed by atoms with Crippen molar-refractivity contribution in [2.75, 3.05) is 0 Å². The van der Waals surface area contributed by atoms with Gasteiger partial charge in [0.2, 0.25) is 0 Å². The molecule has 0 aliphatic heterocycles. The van der Waals surface area contributed by atoms with Crippen molar-refractivity contribution in [1.29, 1.82) is 0 Å². The Bertz CT molecular complexity index is 994. The van der Waals surface area contributed by atoms with Gasteiger partial charge in [0.05, 0.1) is 5.56 Å². The molecule has 1 aromatic heterocycles. The van der Waals surface area contributed by atoms with Gasteiger partial charge in [-0.1, -0.05) is 34.1 Å². The van der Waals surface area contributed by atoms with Crippen molar-refractivity contribution in [3.63, 3.8) is 0 Å². The Labute approximate surface area is 145 Å². The van der Waals surface area contributed by atoms with E-state index in [0.717, 1.165) is 0 Å². The molecule has 0 radical (unpaired) electrons. The Morgan fingerprint density at radius 2 is 2.00 bits per heavy atom. The maximum absolute atomic E-state index is 13.4. The van der Waals surface area contributed by atoms with E-state index in [1.165, 1.54) is 19.1 Å². The van der Waals surface area contributed by atoms with Crippen LogP contribution in [0.15, 0.2) is 51.7 Å². The number of para-hydroxylation sites is 1. The van der Waals surface area contributed by atoms with Crippen molar-refractivity contribution in [1.82, 2.24) is 0 Å². The third kappa shape index (κ3) is 2.97. The predicted octanol–water partition coefficient (Wildman–Crippen LogP) is 4.42. The van der Waals surface area contributed by atoms with Gasteiger partial charge < -0.3 is 9.15 Å². The van der Waals surface area contributed by atoms with Gasteiger partial charge in [0, 0.05) is 29.3 Å². The molecule has 0 atom stereocenters. The number of esters is 1. The first kappa shape index (κ1) is 16.4. The normalized spacial score (nSPS) is 10.8. The van der Waals surface area contributed by atoms with Crippen molar-refractivity contribution in [2.24, 2.45) is 0 Å². The second-order valence-electron chi connectivity index (χ2n) is 5.11. The fraction of sp³-hybridized carbons (Fsp3) is 0.111. The van der Waals surface area contributed by atoms with Crippen molar-refractivity contribution in [3.8, 4) is 16.9 Å². The van der Waals surface area contributed by atoms with Gasteiger partial charge in [-0.3, -0.25) is 4.79 Å². The molecule has 4 nitrogen and oxygen atoms in total. The van der Waals surface area contributed by atoms with Crippen molar-refractivity contribution in [3.05, 3.63) is 64.3 Å². The molecule has 0 saturated carbocycles. The van der Waals surface area contributed by atoms with E-state index in [4.69, 9.17) is 9.15 Å². The van der Waals surface area contributed by atoms with E-state index >= 15 is 0 Å². The SMILES string of the molecule is CC(=O)Oc1ccccc1-c1c(CBr)c2ccc(F)cc2oc1=O. The summed E-state index contributed by atoms with van der Waals surface area (Å²) >= 11 is 3.37. The highest BCUT2D eigenvalue weighted by molar-refractivity contribution is 9.08. The lowest BCUT2D eigenvalue weighted by Gasteiger charge is -2.12. The molecule has 2 aromatic carbocycles. The fourth-order valence-corrected chi connectivity index (χ4v) is 3.15. The van der Waals surface area contributed by atoms with E-state index in [2.05, 4.69) is 15.9 Å². The predicted molar refractivity (Wildman–Crippen MR) is 91.8 cm³/mol. The van der Waals surface area contributed by atoms with E-state index < -0.39 is 17.4 Å². The molecule has 0 aliphatic rings. The zero-order valence-corrected chi connectivity index (χ0v) is 14.2. The molecule has 122 valence electrons. The zero-order chi connectivity index (χ0) is 17.3. The number of hydrogen-bond acceptors (Lipinski definition) is 4. The maximum Gasteiger partial charge on any atom is 0.344 e. The van der Waals surface area contributed by atoms with Gasteiger partial charge in [0.1, 0.15) is 17.1 Å². The smallest absolute Gasteiger partial charge is 0.344 e. The molecule has 0 spiro atoms. The second-order valence-corrected chi connectivity index (χ2v) is 5.67. The fourth-order valence-electron chi connectivity index (χ4n) is 2.57. The highest BCUT2D eigenvalue weighted by Gasteiger charge is 2.19. The van der Waals surface area contributed by atoms with Crippen molar-refractivity contribution < 1.29 is 18.3 Å². The maximum atomic E-state index is 13.4. The second kappa shape index (κ2) is 6.57. The summed E-state index contributed by atoms with van der Waals surface area (Å²) in [5, 5.41) is 0.963. The third-order valence-electron chi connectivity index (χ3n) is 3.52. The Hall–Kier alpha value is -2.47. The van der Waals surface area contributed by atoms with Crippen LogP contribution in [-0.4, -0.2) is 5.97 Å². The molecule has 0 fully saturated rings. The van der Waals surface area contributed by atoms with Crippen LogP contribution in [0.4, 0.5) is 4.39 Å². The molecule has 0 unspecified atom stereocenters. The van der Waals surface area contributed by atoms with Crippen LogP contribution >= 0.6 is 15.9 Å². The molecular formula is C18H12BrFO4. The summed E-state index contributed by atoms with van der Waals surface area (Å²) in [5.41, 5.74) is 0.913. The summed E-state index contributed by atoms with van der Waals surface area (Å²) in [5.74, 6) is -0.713. The van der Waals surface area contributed by atoms with Crippen molar-refractivity contribution in [2.45, 2.75) is 12.3 Å². The largest absolute Gasteiger partial charge is 0.426 e. The van der Waals surface area contributed by atoms with Crippen LogP contribution in [0.5, 0.6) is 5.75 Å². The van der Waals surface area contributed by atoms with Crippen molar-refractivity contribution >= 4 is 32.9 Å². The first-order valence-corrected chi connectivity index (χ1v) is 8.22. The standard InChI is InChI=1S/C18H12BrFO4/c1-10(21)23-15-5-3-2-4-13(15)17-14(9-19)12-7-6-11(20)8-16(12)24-18(17)22/h2-8H,9H2,1H3. The van der Waals surface area contributed by atoms with Crippen LogP contribution < -0.4 is 10.4 Å². The van der Waals surface area contributed by atoms with E-state index in [-0.39, 0.29) is 16.9 Å². The molecule has 0 bridgehead atoms. The lowest BCUT2D eigenvalue weighted by molar-refractivity contribution is -0.131. The summed E-state index contributed by atoms with van der Waals surface area (Å²) in [7, 11) is 0. The number of carbonyl (C=O) groups excluding carboxylic acids is 1. The molecule has 1 heterocycles. The Morgan fingerprint density at radius 3 is 2.71 bits per heavy atom. The topological polar surface area (TPSA) is 56.5 Å². The third-order valence-corrected chi connectivity index (χ3v) is 4.08. The van der Waals surface area contributed by atoms with E-state index in [0.29, 0.717) is 21.8 Å². The first-order valence-electron chi connectivity index (χ1n) is 7.10. The highest BCUT2D eigenvalue weighted by Crippen LogP contribution is 2.34. The number of benzene rings is 2. The van der Waals surface area contributed by atoms with E-state index in [1.54, 1.807) is 30.3 Å². The minimum atomic E-state index is -0.623. The molecular weight excluding hydrogens is 379 g/mol. The lowest BCUT2D eigenvalue weighted by Crippen LogP contribution is -2.10. The number of alkyl halides is 1. The minimum absolute atomic E-state index is 0.170. The monoisotopic (exact) mass is 390 g/mol. The summed E-state index contributed by atoms with van der Waals surface area (Å²) in [4.78, 5) is 23.8. The van der Waals surface area contributed by atoms with Crippen LogP contribution in [0.1, 0.15) is 12.5 Å². The van der Waals surface area contributed by atoms with Crippen LogP contribution in [0, 0.1) is 5.82 Å². The van der Waals surface area contributed by atoms with Gasteiger partial charge in [0.15, 0.2) is 0 Å². The van der Waals surface area contributed by atoms with Crippen LogP contribution in [0.3, 0.4) is 0 Å². The molecule has 0 N–H and O–H groups in total. The van der Waals surface area contributed by atoms with Crippen LogP contribution in [-0.2, 0) is 10.1 Å². The zero-order valence-electron chi connectivity index (χ0n) is 12.6. The van der Waals surface area contributed by atoms with Crippen LogP contribution in [0.25, 0.3) is 22.1 Å².